The van der Waals surface area contributed by atoms with Crippen LogP contribution in [-0.2, 0) is 5.41 Å². The molecule has 136 valence electrons. The second-order valence-electron chi connectivity index (χ2n) is 8.65. The first kappa shape index (κ1) is 16.8. The van der Waals surface area contributed by atoms with Crippen molar-refractivity contribution in [3.63, 3.8) is 0 Å². The molecule has 0 heteroatoms. The lowest BCUT2D eigenvalue weighted by atomic mass is 9.60. The van der Waals surface area contributed by atoms with Gasteiger partial charge in [0.1, 0.15) is 0 Å². The summed E-state index contributed by atoms with van der Waals surface area (Å²) in [4.78, 5) is 0. The Kier molecular flexibility index (Phi) is 3.97. The van der Waals surface area contributed by atoms with E-state index in [1.54, 1.807) is 11.1 Å². The fraction of sp³-hybridized carbons (Fsp3) is 0.333. The van der Waals surface area contributed by atoms with Gasteiger partial charge in [0, 0.05) is 11.3 Å². The van der Waals surface area contributed by atoms with Crippen LogP contribution in [-0.4, -0.2) is 0 Å². The lowest BCUT2D eigenvalue weighted by Crippen LogP contribution is -2.38. The molecule has 2 aromatic rings. The molecule has 0 aromatic heterocycles. The van der Waals surface area contributed by atoms with Gasteiger partial charge in [-0.1, -0.05) is 97.0 Å². The monoisotopic (exact) mass is 352 g/mol. The number of hydrogen-bond acceptors (Lipinski definition) is 0. The SMILES string of the molecule is Cc1ccc(C2(c3ccccc3)C3=C(C=CC(C)C3)C3C=CCCC32)cc1. The van der Waals surface area contributed by atoms with E-state index < -0.39 is 0 Å². The maximum absolute atomic E-state index is 2.50. The normalized spacial score (nSPS) is 31.7. The minimum Gasteiger partial charge on any atom is -0.0879 e. The molecule has 0 fully saturated rings. The average Bonchev–Trinajstić information content (AvgIpc) is 3.00. The minimum absolute atomic E-state index is 0.0126. The summed E-state index contributed by atoms with van der Waals surface area (Å²) in [7, 11) is 0. The lowest BCUT2D eigenvalue weighted by molar-refractivity contribution is 0.313. The van der Waals surface area contributed by atoms with E-state index in [-0.39, 0.29) is 5.41 Å². The Balaban J connectivity index is 1.83. The zero-order chi connectivity index (χ0) is 18.4. The van der Waals surface area contributed by atoms with Gasteiger partial charge in [0.15, 0.2) is 0 Å². The summed E-state index contributed by atoms with van der Waals surface area (Å²) < 4.78 is 0. The molecule has 0 bridgehead atoms. The Morgan fingerprint density at radius 3 is 2.41 bits per heavy atom. The fourth-order valence-electron chi connectivity index (χ4n) is 5.90. The zero-order valence-corrected chi connectivity index (χ0v) is 16.4. The molecule has 4 unspecified atom stereocenters. The fourth-order valence-corrected chi connectivity index (χ4v) is 5.90. The highest BCUT2D eigenvalue weighted by Crippen LogP contribution is 2.61. The highest BCUT2D eigenvalue weighted by atomic mass is 14.6. The van der Waals surface area contributed by atoms with Crippen molar-refractivity contribution in [1.82, 2.24) is 0 Å². The summed E-state index contributed by atoms with van der Waals surface area (Å²) in [6.07, 6.45) is 13.4. The maximum Gasteiger partial charge on any atom is 0.0454 e. The highest BCUT2D eigenvalue weighted by molar-refractivity contribution is 5.60. The van der Waals surface area contributed by atoms with Gasteiger partial charge in [-0.3, -0.25) is 0 Å². The minimum atomic E-state index is 0.0126. The zero-order valence-electron chi connectivity index (χ0n) is 16.4. The van der Waals surface area contributed by atoms with E-state index in [1.165, 1.54) is 36.0 Å². The molecule has 0 N–H and O–H groups in total. The van der Waals surface area contributed by atoms with E-state index in [9.17, 15) is 0 Å². The van der Waals surface area contributed by atoms with Crippen LogP contribution < -0.4 is 0 Å². The quantitative estimate of drug-likeness (QED) is 0.523. The Morgan fingerprint density at radius 2 is 1.63 bits per heavy atom. The van der Waals surface area contributed by atoms with Crippen LogP contribution in [0.5, 0.6) is 0 Å². The largest absolute Gasteiger partial charge is 0.0879 e. The Hall–Kier alpha value is -2.34. The molecule has 0 saturated heterocycles. The third kappa shape index (κ3) is 2.42. The third-order valence-corrected chi connectivity index (χ3v) is 7.03. The highest BCUT2D eigenvalue weighted by Gasteiger charge is 2.54. The smallest absolute Gasteiger partial charge is 0.0454 e. The number of aryl methyl sites for hydroxylation is 1. The van der Waals surface area contributed by atoms with Crippen molar-refractivity contribution in [2.45, 2.75) is 38.5 Å². The molecule has 0 saturated carbocycles. The standard InChI is InChI=1S/C27H28/c1-19-12-15-22(16-13-19)27(21-8-4-3-5-9-21)25-11-7-6-10-23(25)24-17-14-20(2)18-26(24)27/h3-6,8-10,12-17,20,23,25H,7,11,18H2,1-2H3. The van der Waals surface area contributed by atoms with Crippen LogP contribution >= 0.6 is 0 Å². The first-order valence-electron chi connectivity index (χ1n) is 10.4. The molecule has 0 heterocycles. The third-order valence-electron chi connectivity index (χ3n) is 7.03. The van der Waals surface area contributed by atoms with Crippen molar-refractivity contribution < 1.29 is 0 Å². The predicted molar refractivity (Wildman–Crippen MR) is 114 cm³/mol. The number of benzene rings is 2. The van der Waals surface area contributed by atoms with Crippen LogP contribution in [0.2, 0.25) is 0 Å². The molecule has 27 heavy (non-hydrogen) atoms. The lowest BCUT2D eigenvalue weighted by Gasteiger charge is -2.43. The van der Waals surface area contributed by atoms with Crippen LogP contribution in [0.4, 0.5) is 0 Å². The molecule has 5 rings (SSSR count). The van der Waals surface area contributed by atoms with Gasteiger partial charge < -0.3 is 0 Å². The van der Waals surface area contributed by atoms with Crippen LogP contribution in [0.25, 0.3) is 0 Å². The summed E-state index contributed by atoms with van der Waals surface area (Å²) >= 11 is 0. The molecule has 3 aliphatic rings. The number of fused-ring (bicyclic) bond motifs is 2. The average molecular weight is 353 g/mol. The molecule has 4 atom stereocenters. The van der Waals surface area contributed by atoms with Gasteiger partial charge in [-0.15, -0.1) is 0 Å². The molecule has 0 radical (unpaired) electrons. The van der Waals surface area contributed by atoms with Gasteiger partial charge in [-0.05, 0) is 54.7 Å². The van der Waals surface area contributed by atoms with Gasteiger partial charge in [-0.25, -0.2) is 0 Å². The molecule has 0 nitrogen and oxygen atoms in total. The molecule has 2 aromatic carbocycles. The van der Waals surface area contributed by atoms with Gasteiger partial charge in [0.05, 0.1) is 0 Å². The van der Waals surface area contributed by atoms with Crippen molar-refractivity contribution in [3.05, 3.63) is 107 Å². The van der Waals surface area contributed by atoms with Gasteiger partial charge in [0.25, 0.3) is 0 Å². The van der Waals surface area contributed by atoms with Crippen molar-refractivity contribution in [1.29, 1.82) is 0 Å². The maximum atomic E-state index is 2.50. The second-order valence-corrected chi connectivity index (χ2v) is 8.65. The van der Waals surface area contributed by atoms with Crippen LogP contribution in [0, 0.1) is 24.7 Å². The van der Waals surface area contributed by atoms with E-state index in [0.717, 1.165) is 0 Å². The molecule has 3 aliphatic carbocycles. The van der Waals surface area contributed by atoms with Crippen LogP contribution in [0.3, 0.4) is 0 Å². The van der Waals surface area contributed by atoms with E-state index in [0.29, 0.717) is 17.8 Å². The molecular formula is C27H28. The first-order chi connectivity index (χ1) is 13.2. The Morgan fingerprint density at radius 1 is 0.889 bits per heavy atom. The Bertz CT molecular complexity index is 926. The summed E-state index contributed by atoms with van der Waals surface area (Å²) in [5.41, 5.74) is 7.58. The summed E-state index contributed by atoms with van der Waals surface area (Å²) in [5, 5.41) is 0. The molecule has 0 spiro atoms. The van der Waals surface area contributed by atoms with Crippen molar-refractivity contribution >= 4 is 0 Å². The van der Waals surface area contributed by atoms with E-state index in [1.807, 2.05) is 0 Å². The summed E-state index contributed by atoms with van der Waals surface area (Å²) in [5.74, 6) is 1.79. The van der Waals surface area contributed by atoms with Gasteiger partial charge in [0.2, 0.25) is 0 Å². The molecule has 0 aliphatic heterocycles. The molecule has 0 amide bonds. The number of allylic oxidation sites excluding steroid dienone is 6. The van der Waals surface area contributed by atoms with Crippen LogP contribution in [0.15, 0.2) is 90.0 Å². The van der Waals surface area contributed by atoms with Gasteiger partial charge in [-0.2, -0.15) is 0 Å². The predicted octanol–water partition coefficient (Wildman–Crippen LogP) is 6.77. The van der Waals surface area contributed by atoms with Crippen molar-refractivity contribution in [3.8, 4) is 0 Å². The van der Waals surface area contributed by atoms with Crippen molar-refractivity contribution in [2.75, 3.05) is 0 Å². The molecular weight excluding hydrogens is 324 g/mol. The van der Waals surface area contributed by atoms with Crippen LogP contribution in [0.1, 0.15) is 42.9 Å². The first-order valence-corrected chi connectivity index (χ1v) is 10.4. The van der Waals surface area contributed by atoms with Crippen molar-refractivity contribution in [2.24, 2.45) is 17.8 Å². The number of hydrogen-bond donors (Lipinski definition) is 0. The summed E-state index contributed by atoms with van der Waals surface area (Å²) in [6.45, 7) is 4.55. The van der Waals surface area contributed by atoms with E-state index >= 15 is 0 Å². The second kappa shape index (κ2) is 6.37. The Labute approximate surface area is 163 Å². The van der Waals surface area contributed by atoms with Gasteiger partial charge >= 0.3 is 0 Å². The van der Waals surface area contributed by atoms with E-state index in [2.05, 4.69) is 92.7 Å². The number of rotatable bonds is 2. The topological polar surface area (TPSA) is 0 Å². The summed E-state index contributed by atoms with van der Waals surface area (Å²) in [6, 6.07) is 20.7. The van der Waals surface area contributed by atoms with E-state index in [4.69, 9.17) is 0 Å².